The number of carbonyl (C=O) groups is 2. The van der Waals surface area contributed by atoms with Crippen molar-refractivity contribution in [2.45, 2.75) is 26.9 Å². The van der Waals surface area contributed by atoms with Gasteiger partial charge in [0.15, 0.2) is 18.5 Å². The minimum Gasteiger partial charge on any atom is -0.478 e. The van der Waals surface area contributed by atoms with Crippen molar-refractivity contribution in [2.24, 2.45) is 7.05 Å². The molecule has 0 fully saturated rings. The van der Waals surface area contributed by atoms with Crippen LogP contribution in [0.1, 0.15) is 18.3 Å². The highest BCUT2D eigenvalue weighted by Crippen LogP contribution is 2.37. The number of nitrogens with zero attached hydrogens (tertiary/aromatic N) is 3. The average Bonchev–Trinajstić information content (AvgIpc) is 3.07. The van der Waals surface area contributed by atoms with Crippen molar-refractivity contribution in [2.75, 3.05) is 11.9 Å². The van der Waals surface area contributed by atoms with Crippen molar-refractivity contribution < 1.29 is 19.1 Å². The van der Waals surface area contributed by atoms with E-state index in [-0.39, 0.29) is 16.5 Å². The van der Waals surface area contributed by atoms with E-state index in [4.69, 9.17) is 32.7 Å². The number of aryl methyl sites for hydroxylation is 1. The smallest absolute Gasteiger partial charge is 0.344 e. The lowest BCUT2D eigenvalue weighted by Gasteiger charge is -2.15. The highest BCUT2D eigenvalue weighted by molar-refractivity contribution is 6.39. The van der Waals surface area contributed by atoms with Gasteiger partial charge >= 0.3 is 5.97 Å². The first-order valence-corrected chi connectivity index (χ1v) is 12.1. The first-order valence-electron chi connectivity index (χ1n) is 11.3. The molecule has 0 radical (unpaired) electrons. The van der Waals surface area contributed by atoms with Crippen LogP contribution in [0.2, 0.25) is 10.0 Å². The third-order valence-corrected chi connectivity index (χ3v) is 6.38. The number of rotatable bonds is 7. The fraction of sp³-hybridized carbons (Fsp3) is 0.231. The Morgan fingerprint density at radius 3 is 2.49 bits per heavy atom. The molecule has 4 aromatic rings. The molecule has 0 spiro atoms. The monoisotopic (exact) mass is 542 g/mol. The van der Waals surface area contributed by atoms with E-state index in [0.717, 1.165) is 0 Å². The van der Waals surface area contributed by atoms with Crippen LogP contribution in [0.25, 0.3) is 16.6 Å². The van der Waals surface area contributed by atoms with Crippen molar-refractivity contribution in [3.63, 3.8) is 0 Å². The largest absolute Gasteiger partial charge is 0.478 e. The topological polar surface area (TPSA) is 104 Å². The van der Waals surface area contributed by atoms with Gasteiger partial charge in [-0.1, -0.05) is 41.4 Å². The van der Waals surface area contributed by atoms with E-state index >= 15 is 0 Å². The molecule has 2 aromatic carbocycles. The highest BCUT2D eigenvalue weighted by atomic mass is 35.5. The number of anilines is 1. The Kier molecular flexibility index (Phi) is 7.56. The lowest BCUT2D eigenvalue weighted by molar-refractivity contribution is -0.155. The van der Waals surface area contributed by atoms with E-state index in [9.17, 15) is 14.4 Å². The molecule has 192 valence electrons. The van der Waals surface area contributed by atoms with E-state index < -0.39 is 30.1 Å². The Balaban J connectivity index is 1.44. The van der Waals surface area contributed by atoms with Gasteiger partial charge in [-0.05, 0) is 51.1 Å². The summed E-state index contributed by atoms with van der Waals surface area (Å²) in [5.74, 6) is -1.28. The number of amides is 1. The molecule has 1 atom stereocenters. The molecule has 0 aliphatic carbocycles. The van der Waals surface area contributed by atoms with Crippen LogP contribution in [0.3, 0.4) is 0 Å². The predicted octanol–water partition coefficient (Wildman–Crippen LogP) is 4.60. The first-order chi connectivity index (χ1) is 17.6. The second-order valence-corrected chi connectivity index (χ2v) is 9.18. The first kappa shape index (κ1) is 26.2. The molecule has 0 saturated carbocycles. The molecule has 2 aromatic heterocycles. The summed E-state index contributed by atoms with van der Waals surface area (Å²) in [4.78, 5) is 42.6. The predicted molar refractivity (Wildman–Crippen MR) is 142 cm³/mol. The fourth-order valence-corrected chi connectivity index (χ4v) is 4.35. The molecule has 0 unspecified atom stereocenters. The summed E-state index contributed by atoms with van der Waals surface area (Å²) in [6, 6.07) is 14.1. The maximum atomic E-state index is 13.0. The van der Waals surface area contributed by atoms with Crippen LogP contribution in [0.5, 0.6) is 5.75 Å². The SMILES string of the molecule is Cc1ccc2c(Cl)cc(Cl)c(OCC(=O)O[C@@H](C)C(=O)Nc3c(C)n(C)n(-c4ccccc4)c3=O)c2n1. The van der Waals surface area contributed by atoms with E-state index in [2.05, 4.69) is 10.3 Å². The summed E-state index contributed by atoms with van der Waals surface area (Å²) in [7, 11) is 1.71. The van der Waals surface area contributed by atoms with Crippen molar-refractivity contribution in [1.82, 2.24) is 14.3 Å². The minimum absolute atomic E-state index is 0.0939. The van der Waals surface area contributed by atoms with Gasteiger partial charge in [0, 0.05) is 18.1 Å². The van der Waals surface area contributed by atoms with Gasteiger partial charge in [0.25, 0.3) is 11.5 Å². The molecule has 1 N–H and O–H groups in total. The number of aromatic nitrogens is 3. The Bertz CT molecular complexity index is 1560. The highest BCUT2D eigenvalue weighted by Gasteiger charge is 2.24. The number of benzene rings is 2. The van der Waals surface area contributed by atoms with Crippen molar-refractivity contribution in [3.05, 3.63) is 80.3 Å². The number of carbonyl (C=O) groups excluding carboxylic acids is 2. The molecule has 11 heteroatoms. The molecular formula is C26H24Cl2N4O5. The molecule has 2 heterocycles. The Morgan fingerprint density at radius 2 is 1.78 bits per heavy atom. The van der Waals surface area contributed by atoms with E-state index in [0.29, 0.717) is 33.0 Å². The Morgan fingerprint density at radius 1 is 1.08 bits per heavy atom. The number of ether oxygens (including phenoxy) is 2. The van der Waals surface area contributed by atoms with Crippen LogP contribution < -0.4 is 15.6 Å². The number of fused-ring (bicyclic) bond motifs is 1. The van der Waals surface area contributed by atoms with Gasteiger partial charge in [-0.2, -0.15) is 0 Å². The molecule has 9 nitrogen and oxygen atoms in total. The zero-order chi connectivity index (χ0) is 26.9. The molecule has 4 rings (SSSR count). The van der Waals surface area contributed by atoms with Gasteiger partial charge in [0.1, 0.15) is 11.2 Å². The zero-order valence-corrected chi connectivity index (χ0v) is 22.1. The van der Waals surface area contributed by atoms with Gasteiger partial charge in [-0.15, -0.1) is 0 Å². The number of hydrogen-bond donors (Lipinski definition) is 1. The molecule has 0 aliphatic rings. The number of nitrogens with one attached hydrogen (secondary N) is 1. The van der Waals surface area contributed by atoms with Gasteiger partial charge in [-0.3, -0.25) is 14.3 Å². The van der Waals surface area contributed by atoms with E-state index in [1.54, 1.807) is 49.8 Å². The van der Waals surface area contributed by atoms with Crippen molar-refractivity contribution >= 4 is 51.7 Å². The van der Waals surface area contributed by atoms with Crippen LogP contribution >= 0.6 is 23.2 Å². The molecule has 0 aliphatic heterocycles. The van der Waals surface area contributed by atoms with Gasteiger partial charge < -0.3 is 14.8 Å². The van der Waals surface area contributed by atoms with E-state index in [1.807, 2.05) is 18.2 Å². The number of hydrogen-bond acceptors (Lipinski definition) is 6. The summed E-state index contributed by atoms with van der Waals surface area (Å²) in [5.41, 5.74) is 1.99. The molecule has 0 saturated heterocycles. The Hall–Kier alpha value is -3.82. The number of esters is 1. The van der Waals surface area contributed by atoms with E-state index in [1.165, 1.54) is 17.7 Å². The second-order valence-electron chi connectivity index (χ2n) is 8.36. The fourth-order valence-electron chi connectivity index (χ4n) is 3.78. The third kappa shape index (κ3) is 5.33. The van der Waals surface area contributed by atoms with Crippen LogP contribution in [0.15, 0.2) is 53.3 Å². The van der Waals surface area contributed by atoms with Gasteiger partial charge in [0.05, 0.1) is 21.4 Å². The zero-order valence-electron chi connectivity index (χ0n) is 20.5. The summed E-state index contributed by atoms with van der Waals surface area (Å²) in [6.45, 7) is 4.39. The standard InChI is InChI=1S/C26H24Cl2N4O5/c1-14-10-11-18-19(27)12-20(28)24(23(18)29-14)36-13-21(33)37-16(3)25(34)30-22-15(2)31(4)32(26(22)35)17-8-6-5-7-9-17/h5-12,16H,13H2,1-4H3,(H,30,34)/t16-/m0/s1. The van der Waals surface area contributed by atoms with Crippen molar-refractivity contribution in [3.8, 4) is 11.4 Å². The van der Waals surface area contributed by atoms with Crippen molar-refractivity contribution in [1.29, 1.82) is 0 Å². The molecule has 1 amide bonds. The van der Waals surface area contributed by atoms with Crippen LogP contribution in [-0.4, -0.2) is 38.9 Å². The quantitative estimate of drug-likeness (QED) is 0.342. The maximum Gasteiger partial charge on any atom is 0.344 e. The molecule has 37 heavy (non-hydrogen) atoms. The van der Waals surface area contributed by atoms with Crippen LogP contribution in [-0.2, 0) is 21.4 Å². The lowest BCUT2D eigenvalue weighted by atomic mass is 10.2. The Labute approximate surface area is 222 Å². The van der Waals surface area contributed by atoms with Gasteiger partial charge in [-0.25, -0.2) is 14.5 Å². The van der Waals surface area contributed by atoms with Crippen LogP contribution in [0, 0.1) is 13.8 Å². The number of halogens is 2. The molecule has 0 bridgehead atoms. The lowest BCUT2D eigenvalue weighted by Crippen LogP contribution is -2.33. The average molecular weight is 543 g/mol. The minimum atomic E-state index is -1.20. The second kappa shape index (κ2) is 10.7. The number of pyridine rings is 1. The van der Waals surface area contributed by atoms with Crippen LogP contribution in [0.4, 0.5) is 5.69 Å². The third-order valence-electron chi connectivity index (χ3n) is 5.79. The number of para-hydroxylation sites is 1. The summed E-state index contributed by atoms with van der Waals surface area (Å²) >= 11 is 12.5. The normalized spacial score (nSPS) is 11.8. The summed E-state index contributed by atoms with van der Waals surface area (Å²) in [6.07, 6.45) is -1.20. The molecular weight excluding hydrogens is 519 g/mol. The summed E-state index contributed by atoms with van der Waals surface area (Å²) < 4.78 is 13.9. The van der Waals surface area contributed by atoms with Gasteiger partial charge in [0.2, 0.25) is 0 Å². The maximum absolute atomic E-state index is 13.0. The summed E-state index contributed by atoms with van der Waals surface area (Å²) in [5, 5.41) is 3.78.